The molecule has 2 rings (SSSR count). The maximum atomic E-state index is 6.07. The molecule has 2 atom stereocenters. The zero-order valence-corrected chi connectivity index (χ0v) is 9.22. The van der Waals surface area contributed by atoms with Crippen LogP contribution in [0.15, 0.2) is 35.0 Å². The third kappa shape index (κ3) is 1.88. The second kappa shape index (κ2) is 4.23. The van der Waals surface area contributed by atoms with Crippen LogP contribution in [0.25, 0.3) is 0 Å². The van der Waals surface area contributed by atoms with Gasteiger partial charge in [-0.25, -0.2) is 0 Å². The van der Waals surface area contributed by atoms with Crippen LogP contribution >= 0.6 is 22.7 Å². The number of hydrogen-bond acceptors (Lipinski definition) is 4. The third-order valence-corrected chi connectivity index (χ3v) is 4.08. The predicted octanol–water partition coefficient (Wildman–Crippen LogP) is 2.51. The van der Waals surface area contributed by atoms with Gasteiger partial charge in [-0.2, -0.15) is 0 Å². The van der Waals surface area contributed by atoms with Crippen molar-refractivity contribution in [1.29, 1.82) is 0 Å². The quantitative estimate of drug-likeness (QED) is 0.841. The molecule has 0 unspecified atom stereocenters. The van der Waals surface area contributed by atoms with E-state index in [1.54, 1.807) is 22.7 Å². The highest BCUT2D eigenvalue weighted by molar-refractivity contribution is 7.10. The lowest BCUT2D eigenvalue weighted by Crippen LogP contribution is -2.24. The SMILES string of the molecule is N[C@H](c1cccs1)[C@H](N)c1cccs1. The molecule has 0 saturated carbocycles. The fourth-order valence-electron chi connectivity index (χ4n) is 1.32. The van der Waals surface area contributed by atoms with Gasteiger partial charge in [0.15, 0.2) is 0 Å². The van der Waals surface area contributed by atoms with Crippen molar-refractivity contribution < 1.29 is 0 Å². The molecule has 4 N–H and O–H groups in total. The summed E-state index contributed by atoms with van der Waals surface area (Å²) >= 11 is 3.31. The van der Waals surface area contributed by atoms with Crippen LogP contribution < -0.4 is 11.5 Å². The summed E-state index contributed by atoms with van der Waals surface area (Å²) in [5.74, 6) is 0. The topological polar surface area (TPSA) is 52.0 Å². The van der Waals surface area contributed by atoms with Crippen molar-refractivity contribution in [3.8, 4) is 0 Å². The number of rotatable bonds is 3. The molecule has 0 amide bonds. The van der Waals surface area contributed by atoms with Gasteiger partial charge in [0, 0.05) is 9.75 Å². The van der Waals surface area contributed by atoms with Crippen molar-refractivity contribution >= 4 is 22.7 Å². The van der Waals surface area contributed by atoms with Gasteiger partial charge in [-0.3, -0.25) is 0 Å². The Morgan fingerprint density at radius 1 is 0.857 bits per heavy atom. The average Bonchev–Trinajstić information content (AvgIpc) is 2.87. The van der Waals surface area contributed by atoms with E-state index in [1.165, 1.54) is 0 Å². The molecule has 0 spiro atoms. The first kappa shape index (κ1) is 9.86. The van der Waals surface area contributed by atoms with Crippen LogP contribution in [0.2, 0.25) is 0 Å². The number of nitrogens with two attached hydrogens (primary N) is 2. The highest BCUT2D eigenvalue weighted by Gasteiger charge is 2.18. The van der Waals surface area contributed by atoms with Crippen LogP contribution in [0.1, 0.15) is 21.8 Å². The Balaban J connectivity index is 2.16. The van der Waals surface area contributed by atoms with Crippen LogP contribution in [0.4, 0.5) is 0 Å². The van der Waals surface area contributed by atoms with Crippen LogP contribution in [0, 0.1) is 0 Å². The molecule has 74 valence electrons. The lowest BCUT2D eigenvalue weighted by Gasteiger charge is -2.16. The molecule has 0 saturated heterocycles. The van der Waals surface area contributed by atoms with Crippen molar-refractivity contribution in [2.24, 2.45) is 11.5 Å². The fraction of sp³-hybridized carbons (Fsp3) is 0.200. The molecule has 0 aliphatic carbocycles. The molecule has 0 radical (unpaired) electrons. The van der Waals surface area contributed by atoms with Gasteiger partial charge in [-0.05, 0) is 22.9 Å². The minimum atomic E-state index is -0.0892. The summed E-state index contributed by atoms with van der Waals surface area (Å²) in [5, 5.41) is 4.05. The van der Waals surface area contributed by atoms with Crippen molar-refractivity contribution in [2.45, 2.75) is 12.1 Å². The summed E-state index contributed by atoms with van der Waals surface area (Å²) in [6.45, 7) is 0. The number of hydrogen-bond donors (Lipinski definition) is 2. The lowest BCUT2D eigenvalue weighted by atomic mass is 10.1. The fourth-order valence-corrected chi connectivity index (χ4v) is 2.87. The molecule has 0 aromatic carbocycles. The summed E-state index contributed by atoms with van der Waals surface area (Å²) in [6.07, 6.45) is 0. The Morgan fingerprint density at radius 3 is 1.57 bits per heavy atom. The van der Waals surface area contributed by atoms with Crippen molar-refractivity contribution in [3.63, 3.8) is 0 Å². The normalized spacial score (nSPS) is 15.3. The van der Waals surface area contributed by atoms with E-state index in [0.717, 1.165) is 9.75 Å². The molecule has 0 fully saturated rings. The van der Waals surface area contributed by atoms with E-state index in [-0.39, 0.29) is 12.1 Å². The molecule has 0 aliphatic rings. The van der Waals surface area contributed by atoms with Crippen LogP contribution in [0.3, 0.4) is 0 Å². The van der Waals surface area contributed by atoms with Gasteiger partial charge in [0.25, 0.3) is 0 Å². The van der Waals surface area contributed by atoms with E-state index < -0.39 is 0 Å². The molecule has 2 heterocycles. The van der Waals surface area contributed by atoms with Gasteiger partial charge < -0.3 is 11.5 Å². The second-order valence-electron chi connectivity index (χ2n) is 3.08. The summed E-state index contributed by atoms with van der Waals surface area (Å²) < 4.78 is 0. The Bertz CT molecular complexity index is 328. The molecule has 0 bridgehead atoms. The molecule has 14 heavy (non-hydrogen) atoms. The molecule has 2 aromatic rings. The Labute approximate surface area is 91.2 Å². The molecule has 2 aromatic heterocycles. The predicted molar refractivity (Wildman–Crippen MR) is 62.5 cm³/mol. The van der Waals surface area contributed by atoms with Crippen LogP contribution in [-0.2, 0) is 0 Å². The summed E-state index contributed by atoms with van der Waals surface area (Å²) in [5.41, 5.74) is 12.1. The zero-order valence-electron chi connectivity index (χ0n) is 7.59. The molecule has 0 aliphatic heterocycles. The minimum Gasteiger partial charge on any atom is -0.322 e. The maximum absolute atomic E-state index is 6.07. The third-order valence-electron chi connectivity index (χ3n) is 2.13. The van der Waals surface area contributed by atoms with Crippen molar-refractivity contribution in [1.82, 2.24) is 0 Å². The van der Waals surface area contributed by atoms with Gasteiger partial charge in [-0.1, -0.05) is 12.1 Å². The molecular formula is C10H12N2S2. The van der Waals surface area contributed by atoms with Gasteiger partial charge in [0.05, 0.1) is 12.1 Å². The standard InChI is InChI=1S/C10H12N2S2/c11-9(7-3-1-5-13-7)10(12)8-4-2-6-14-8/h1-6,9-10H,11-12H2/t9-,10-/m1/s1. The van der Waals surface area contributed by atoms with Crippen LogP contribution in [0.5, 0.6) is 0 Å². The molecule has 4 heteroatoms. The smallest absolute Gasteiger partial charge is 0.0593 e. The van der Waals surface area contributed by atoms with E-state index >= 15 is 0 Å². The highest BCUT2D eigenvalue weighted by atomic mass is 32.1. The van der Waals surface area contributed by atoms with Crippen LogP contribution in [-0.4, -0.2) is 0 Å². The summed E-state index contributed by atoms with van der Waals surface area (Å²) in [7, 11) is 0. The van der Waals surface area contributed by atoms with E-state index in [0.29, 0.717) is 0 Å². The minimum absolute atomic E-state index is 0.0892. The molecule has 2 nitrogen and oxygen atoms in total. The monoisotopic (exact) mass is 224 g/mol. The maximum Gasteiger partial charge on any atom is 0.0593 e. The Morgan fingerprint density at radius 2 is 1.29 bits per heavy atom. The van der Waals surface area contributed by atoms with Gasteiger partial charge >= 0.3 is 0 Å². The van der Waals surface area contributed by atoms with E-state index in [2.05, 4.69) is 0 Å². The Hall–Kier alpha value is -0.680. The van der Waals surface area contributed by atoms with Gasteiger partial charge in [-0.15, -0.1) is 22.7 Å². The van der Waals surface area contributed by atoms with E-state index in [1.807, 2.05) is 35.0 Å². The van der Waals surface area contributed by atoms with Crippen molar-refractivity contribution in [3.05, 3.63) is 44.8 Å². The first-order chi connectivity index (χ1) is 6.79. The lowest BCUT2D eigenvalue weighted by molar-refractivity contribution is 0.592. The first-order valence-electron chi connectivity index (χ1n) is 4.37. The zero-order chi connectivity index (χ0) is 9.97. The Kier molecular flexibility index (Phi) is 2.98. The summed E-state index contributed by atoms with van der Waals surface area (Å²) in [4.78, 5) is 2.29. The van der Waals surface area contributed by atoms with Gasteiger partial charge in [0.2, 0.25) is 0 Å². The second-order valence-corrected chi connectivity index (χ2v) is 5.04. The largest absolute Gasteiger partial charge is 0.322 e. The first-order valence-corrected chi connectivity index (χ1v) is 6.13. The van der Waals surface area contributed by atoms with Crippen molar-refractivity contribution in [2.75, 3.05) is 0 Å². The van der Waals surface area contributed by atoms with E-state index in [9.17, 15) is 0 Å². The molecular weight excluding hydrogens is 212 g/mol. The number of thiophene rings is 2. The summed E-state index contributed by atoms with van der Waals surface area (Å²) in [6, 6.07) is 7.88. The highest BCUT2D eigenvalue weighted by Crippen LogP contribution is 2.29. The van der Waals surface area contributed by atoms with Gasteiger partial charge in [0.1, 0.15) is 0 Å². The average molecular weight is 224 g/mol. The van der Waals surface area contributed by atoms with E-state index in [4.69, 9.17) is 11.5 Å².